The molecule has 0 unspecified atom stereocenters. The van der Waals surface area contributed by atoms with E-state index in [1.807, 2.05) is 0 Å². The van der Waals surface area contributed by atoms with Gasteiger partial charge in [0.15, 0.2) is 5.82 Å². The Morgan fingerprint density at radius 2 is 2.25 bits per heavy atom. The highest BCUT2D eigenvalue weighted by molar-refractivity contribution is 7.20. The second kappa shape index (κ2) is 2.68. The zero-order valence-electron chi connectivity index (χ0n) is 6.27. The van der Waals surface area contributed by atoms with Gasteiger partial charge in [-0.15, -0.1) is 15.3 Å². The van der Waals surface area contributed by atoms with Crippen LogP contribution in [0.1, 0.15) is 5.82 Å². The average molecular weight is 184 g/mol. The Bertz CT molecular complexity index is 389. The van der Waals surface area contributed by atoms with E-state index in [4.69, 9.17) is 11.5 Å². The molecule has 6 nitrogen and oxygen atoms in total. The summed E-state index contributed by atoms with van der Waals surface area (Å²) in [5.41, 5.74) is 10.9. The minimum Gasteiger partial charge on any atom is -0.374 e. The lowest BCUT2D eigenvalue weighted by Gasteiger charge is -1.89. The minimum atomic E-state index is 0.498. The molecule has 0 saturated heterocycles. The Balaban J connectivity index is 2.53. The quantitative estimate of drug-likeness (QED) is 0.641. The van der Waals surface area contributed by atoms with Gasteiger partial charge >= 0.3 is 0 Å². The summed E-state index contributed by atoms with van der Waals surface area (Å²) >= 11 is 1.31. The number of hydrogen-bond donors (Lipinski definition) is 2. The van der Waals surface area contributed by atoms with Crippen molar-refractivity contribution in [2.24, 2.45) is 5.73 Å². The molecule has 0 fully saturated rings. The first kappa shape index (κ1) is 7.44. The van der Waals surface area contributed by atoms with Crippen LogP contribution in [-0.2, 0) is 6.42 Å². The van der Waals surface area contributed by atoms with Crippen molar-refractivity contribution in [2.45, 2.75) is 6.42 Å². The molecule has 2 aromatic rings. The summed E-state index contributed by atoms with van der Waals surface area (Å²) in [4.78, 5) is 0.718. The molecule has 2 rings (SSSR count). The summed E-state index contributed by atoms with van der Waals surface area (Å²) in [5.74, 6) is 0.764. The van der Waals surface area contributed by atoms with Crippen molar-refractivity contribution < 1.29 is 0 Å². The van der Waals surface area contributed by atoms with Crippen LogP contribution in [0.2, 0.25) is 0 Å². The summed E-state index contributed by atoms with van der Waals surface area (Å²) in [6, 6.07) is 0. The van der Waals surface area contributed by atoms with Crippen LogP contribution in [0.3, 0.4) is 0 Å². The van der Waals surface area contributed by atoms with Gasteiger partial charge in [-0.3, -0.25) is 0 Å². The highest BCUT2D eigenvalue weighted by Gasteiger charge is 2.08. The lowest BCUT2D eigenvalue weighted by Crippen LogP contribution is -2.06. The van der Waals surface area contributed by atoms with Crippen molar-refractivity contribution in [1.82, 2.24) is 19.8 Å². The first-order valence-electron chi connectivity index (χ1n) is 3.48. The molecule has 2 heterocycles. The van der Waals surface area contributed by atoms with Crippen LogP contribution in [-0.4, -0.2) is 26.4 Å². The van der Waals surface area contributed by atoms with E-state index in [2.05, 4.69) is 15.3 Å². The predicted molar refractivity (Wildman–Crippen MR) is 45.8 cm³/mol. The molecular weight excluding hydrogens is 176 g/mol. The molecule has 12 heavy (non-hydrogen) atoms. The summed E-state index contributed by atoms with van der Waals surface area (Å²) in [6.07, 6.45) is 0.671. The van der Waals surface area contributed by atoms with Crippen LogP contribution in [0.15, 0.2) is 0 Å². The first-order valence-corrected chi connectivity index (χ1v) is 4.29. The van der Waals surface area contributed by atoms with Crippen molar-refractivity contribution in [2.75, 3.05) is 12.3 Å². The van der Waals surface area contributed by atoms with E-state index in [0.717, 1.165) is 10.8 Å². The number of nitrogens with two attached hydrogens (primary N) is 2. The predicted octanol–water partition coefficient (Wildman–Crippen LogP) is -0.731. The second-order valence-electron chi connectivity index (χ2n) is 2.29. The van der Waals surface area contributed by atoms with Gasteiger partial charge in [-0.25, -0.2) is 0 Å². The van der Waals surface area contributed by atoms with Crippen LogP contribution in [0.25, 0.3) is 4.96 Å². The van der Waals surface area contributed by atoms with Crippen LogP contribution in [0, 0.1) is 0 Å². The maximum absolute atomic E-state index is 5.49. The van der Waals surface area contributed by atoms with Crippen LogP contribution in [0.4, 0.5) is 5.13 Å². The Morgan fingerprint density at radius 1 is 1.42 bits per heavy atom. The zero-order valence-corrected chi connectivity index (χ0v) is 7.08. The molecule has 0 amide bonds. The fourth-order valence-corrected chi connectivity index (χ4v) is 1.58. The summed E-state index contributed by atoms with van der Waals surface area (Å²) in [6.45, 7) is 0.540. The van der Waals surface area contributed by atoms with E-state index in [1.165, 1.54) is 11.3 Å². The number of anilines is 1. The molecule has 0 spiro atoms. The normalized spacial score (nSPS) is 11.1. The topological polar surface area (TPSA) is 95.1 Å². The molecule has 0 radical (unpaired) electrons. The molecule has 0 atom stereocenters. The smallest absolute Gasteiger partial charge is 0.236 e. The summed E-state index contributed by atoms with van der Waals surface area (Å²) in [7, 11) is 0. The molecule has 0 aliphatic heterocycles. The van der Waals surface area contributed by atoms with Gasteiger partial charge in [-0.05, 0) is 6.54 Å². The standard InChI is InChI=1S/C5H8N6S/c6-2-1-3-8-9-5-11(3)10-4(7)12-5/h1-2,6H2,(H2,7,10). The maximum atomic E-state index is 5.49. The number of nitrogen functional groups attached to an aromatic ring is 1. The van der Waals surface area contributed by atoms with Gasteiger partial charge in [-0.2, -0.15) is 4.52 Å². The van der Waals surface area contributed by atoms with E-state index >= 15 is 0 Å². The third-order valence-corrected chi connectivity index (χ3v) is 2.17. The van der Waals surface area contributed by atoms with Crippen molar-refractivity contribution in [3.05, 3.63) is 5.82 Å². The van der Waals surface area contributed by atoms with Crippen molar-refractivity contribution in [1.29, 1.82) is 0 Å². The third-order valence-electron chi connectivity index (χ3n) is 1.44. The summed E-state index contributed by atoms with van der Waals surface area (Å²) in [5, 5.41) is 12.3. The van der Waals surface area contributed by atoms with Gasteiger partial charge in [0.05, 0.1) is 0 Å². The fraction of sp³-hybridized carbons (Fsp3) is 0.400. The molecule has 0 saturated carbocycles. The SMILES string of the molecule is NCCc1nnc2sc(N)nn12. The van der Waals surface area contributed by atoms with Gasteiger partial charge in [0.25, 0.3) is 0 Å². The molecule has 0 aliphatic carbocycles. The van der Waals surface area contributed by atoms with E-state index < -0.39 is 0 Å². The second-order valence-corrected chi connectivity index (χ2v) is 3.28. The largest absolute Gasteiger partial charge is 0.374 e. The Morgan fingerprint density at radius 3 is 3.00 bits per heavy atom. The Kier molecular flexibility index (Phi) is 1.66. The molecule has 2 aromatic heterocycles. The number of aromatic nitrogens is 4. The van der Waals surface area contributed by atoms with Gasteiger partial charge in [0, 0.05) is 6.42 Å². The number of hydrogen-bond acceptors (Lipinski definition) is 6. The van der Waals surface area contributed by atoms with Crippen LogP contribution >= 0.6 is 11.3 Å². The number of fused-ring (bicyclic) bond motifs is 1. The monoisotopic (exact) mass is 184 g/mol. The highest BCUT2D eigenvalue weighted by Crippen LogP contribution is 2.14. The number of rotatable bonds is 2. The first-order chi connectivity index (χ1) is 5.81. The van der Waals surface area contributed by atoms with Crippen molar-refractivity contribution in [3.63, 3.8) is 0 Å². The zero-order chi connectivity index (χ0) is 8.55. The van der Waals surface area contributed by atoms with Crippen LogP contribution < -0.4 is 11.5 Å². The molecule has 0 bridgehead atoms. The number of nitrogens with zero attached hydrogens (tertiary/aromatic N) is 4. The van der Waals surface area contributed by atoms with Crippen molar-refractivity contribution >= 4 is 21.4 Å². The average Bonchev–Trinajstić information content (AvgIpc) is 2.52. The molecule has 7 heteroatoms. The Hall–Kier alpha value is -1.21. The lowest BCUT2D eigenvalue weighted by molar-refractivity contribution is 0.801. The molecule has 0 aliphatic rings. The highest BCUT2D eigenvalue weighted by atomic mass is 32.1. The van der Waals surface area contributed by atoms with Crippen LogP contribution in [0.5, 0.6) is 0 Å². The van der Waals surface area contributed by atoms with Gasteiger partial charge in [-0.1, -0.05) is 11.3 Å². The molecule has 4 N–H and O–H groups in total. The van der Waals surface area contributed by atoms with Gasteiger partial charge in [0.2, 0.25) is 10.1 Å². The fourth-order valence-electron chi connectivity index (χ4n) is 0.957. The maximum Gasteiger partial charge on any atom is 0.236 e. The molecule has 0 aromatic carbocycles. The minimum absolute atomic E-state index is 0.498. The van der Waals surface area contributed by atoms with E-state index in [-0.39, 0.29) is 0 Å². The Labute approximate surface area is 72.2 Å². The molecular formula is C5H8N6S. The van der Waals surface area contributed by atoms with Crippen molar-refractivity contribution in [3.8, 4) is 0 Å². The molecule has 64 valence electrons. The van der Waals surface area contributed by atoms with Gasteiger partial charge < -0.3 is 11.5 Å². The van der Waals surface area contributed by atoms with E-state index in [1.54, 1.807) is 4.52 Å². The van der Waals surface area contributed by atoms with E-state index in [9.17, 15) is 0 Å². The van der Waals surface area contributed by atoms with E-state index in [0.29, 0.717) is 18.1 Å². The lowest BCUT2D eigenvalue weighted by atomic mass is 10.4. The van der Waals surface area contributed by atoms with Gasteiger partial charge in [0.1, 0.15) is 0 Å². The summed E-state index contributed by atoms with van der Waals surface area (Å²) < 4.78 is 1.63. The third kappa shape index (κ3) is 1.03.